The summed E-state index contributed by atoms with van der Waals surface area (Å²) < 4.78 is 12.4. The first-order chi connectivity index (χ1) is 14.0. The zero-order valence-corrected chi connectivity index (χ0v) is 17.2. The molecular formula is C24H24N2O3. The Morgan fingerprint density at radius 2 is 1.76 bits per heavy atom. The van der Waals surface area contributed by atoms with Gasteiger partial charge < -0.3 is 14.0 Å². The van der Waals surface area contributed by atoms with Crippen LogP contribution in [0.4, 0.5) is 5.69 Å². The Hall–Kier alpha value is -3.52. The SMILES string of the molecule is [C-]#[N+]c1c(-c2ccc(-c3cccc(OC)c3)cc2)c(C(=O)OCC)n(C)c1CC. The van der Waals surface area contributed by atoms with E-state index in [0.29, 0.717) is 23.4 Å². The van der Waals surface area contributed by atoms with E-state index in [9.17, 15) is 4.79 Å². The summed E-state index contributed by atoms with van der Waals surface area (Å²) in [6, 6.07) is 15.7. The molecule has 148 valence electrons. The number of ether oxygens (including phenoxy) is 2. The van der Waals surface area contributed by atoms with E-state index in [4.69, 9.17) is 16.0 Å². The lowest BCUT2D eigenvalue weighted by Gasteiger charge is -2.10. The molecular weight excluding hydrogens is 364 g/mol. The van der Waals surface area contributed by atoms with Crippen molar-refractivity contribution in [3.63, 3.8) is 0 Å². The first-order valence-corrected chi connectivity index (χ1v) is 9.56. The Bertz CT molecular complexity index is 1070. The number of nitrogens with zero attached hydrogens (tertiary/aromatic N) is 2. The highest BCUT2D eigenvalue weighted by atomic mass is 16.5. The van der Waals surface area contributed by atoms with E-state index < -0.39 is 5.97 Å². The third kappa shape index (κ3) is 3.74. The van der Waals surface area contributed by atoms with Gasteiger partial charge in [-0.15, -0.1) is 0 Å². The third-order valence-electron chi connectivity index (χ3n) is 4.98. The van der Waals surface area contributed by atoms with Crippen molar-refractivity contribution in [1.82, 2.24) is 4.57 Å². The molecule has 0 radical (unpaired) electrons. The number of hydrogen-bond donors (Lipinski definition) is 0. The molecule has 1 aromatic heterocycles. The molecule has 0 spiro atoms. The van der Waals surface area contributed by atoms with E-state index in [1.807, 2.05) is 62.5 Å². The van der Waals surface area contributed by atoms with Crippen LogP contribution in [0.2, 0.25) is 0 Å². The predicted molar refractivity (Wildman–Crippen MR) is 114 cm³/mol. The van der Waals surface area contributed by atoms with E-state index in [0.717, 1.165) is 28.1 Å². The largest absolute Gasteiger partial charge is 0.497 e. The van der Waals surface area contributed by atoms with Crippen LogP contribution in [0.3, 0.4) is 0 Å². The zero-order chi connectivity index (χ0) is 21.0. The molecule has 0 unspecified atom stereocenters. The molecule has 0 fully saturated rings. The molecule has 0 saturated heterocycles. The standard InChI is InChI=1S/C24H24N2O3/c1-6-20-22(25-3)21(23(26(20)4)24(27)29-7-2)17-13-11-16(12-14-17)18-9-8-10-19(15-18)28-5/h8-15H,6-7H2,1-2,4-5H3. The lowest BCUT2D eigenvalue weighted by atomic mass is 9.99. The van der Waals surface area contributed by atoms with E-state index >= 15 is 0 Å². The molecule has 2 aromatic carbocycles. The molecule has 0 saturated carbocycles. The summed E-state index contributed by atoms with van der Waals surface area (Å²) in [7, 11) is 3.46. The minimum Gasteiger partial charge on any atom is -0.497 e. The fourth-order valence-electron chi connectivity index (χ4n) is 3.59. The van der Waals surface area contributed by atoms with E-state index in [-0.39, 0.29) is 6.61 Å². The summed E-state index contributed by atoms with van der Waals surface area (Å²) >= 11 is 0. The monoisotopic (exact) mass is 388 g/mol. The molecule has 0 amide bonds. The molecule has 0 N–H and O–H groups in total. The van der Waals surface area contributed by atoms with Gasteiger partial charge >= 0.3 is 5.97 Å². The van der Waals surface area contributed by atoms with Crippen molar-refractivity contribution in [3.8, 4) is 28.0 Å². The van der Waals surface area contributed by atoms with Crippen molar-refractivity contribution in [2.24, 2.45) is 7.05 Å². The van der Waals surface area contributed by atoms with Gasteiger partial charge in [0.2, 0.25) is 5.69 Å². The number of carbonyl (C=O) groups excluding carboxylic acids is 1. The van der Waals surface area contributed by atoms with Gasteiger partial charge in [0, 0.05) is 18.3 Å². The maximum absolute atomic E-state index is 12.7. The molecule has 29 heavy (non-hydrogen) atoms. The summed E-state index contributed by atoms with van der Waals surface area (Å²) in [4.78, 5) is 16.4. The predicted octanol–water partition coefficient (Wildman–Crippen LogP) is 5.66. The average molecular weight is 388 g/mol. The maximum atomic E-state index is 12.7. The van der Waals surface area contributed by atoms with Crippen LogP contribution in [-0.4, -0.2) is 24.3 Å². The number of aromatic nitrogens is 1. The maximum Gasteiger partial charge on any atom is 0.354 e. The van der Waals surface area contributed by atoms with Crippen LogP contribution < -0.4 is 4.74 Å². The van der Waals surface area contributed by atoms with E-state index in [1.54, 1.807) is 18.6 Å². The number of esters is 1. The summed E-state index contributed by atoms with van der Waals surface area (Å²) in [5.74, 6) is 0.383. The topological polar surface area (TPSA) is 44.8 Å². The lowest BCUT2D eigenvalue weighted by Crippen LogP contribution is -2.12. The van der Waals surface area contributed by atoms with E-state index in [1.165, 1.54) is 0 Å². The third-order valence-corrected chi connectivity index (χ3v) is 4.98. The van der Waals surface area contributed by atoms with Crippen molar-refractivity contribution < 1.29 is 14.3 Å². The van der Waals surface area contributed by atoms with Gasteiger partial charge in [0.25, 0.3) is 0 Å². The van der Waals surface area contributed by atoms with Crippen LogP contribution in [-0.2, 0) is 18.2 Å². The minimum atomic E-state index is -0.411. The van der Waals surface area contributed by atoms with Gasteiger partial charge in [-0.25, -0.2) is 9.64 Å². The van der Waals surface area contributed by atoms with Crippen molar-refractivity contribution in [2.45, 2.75) is 20.3 Å². The molecule has 3 rings (SSSR count). The summed E-state index contributed by atoms with van der Waals surface area (Å²) in [5.41, 5.74) is 5.28. The second kappa shape index (κ2) is 8.66. The van der Waals surface area contributed by atoms with Gasteiger partial charge in [0.05, 0.1) is 20.3 Å². The van der Waals surface area contributed by atoms with Gasteiger partial charge in [0.15, 0.2) is 0 Å². The van der Waals surface area contributed by atoms with Gasteiger partial charge in [-0.3, -0.25) is 0 Å². The van der Waals surface area contributed by atoms with Crippen LogP contribution in [0.5, 0.6) is 5.75 Å². The molecule has 0 aliphatic rings. The van der Waals surface area contributed by atoms with Crippen LogP contribution in [0.15, 0.2) is 48.5 Å². The molecule has 0 bridgehead atoms. The highest BCUT2D eigenvalue weighted by Crippen LogP contribution is 2.40. The molecule has 1 heterocycles. The van der Waals surface area contributed by atoms with Gasteiger partial charge in [0.1, 0.15) is 11.4 Å². The fraction of sp³-hybridized carbons (Fsp3) is 0.250. The van der Waals surface area contributed by atoms with Crippen LogP contribution >= 0.6 is 0 Å². The summed E-state index contributed by atoms with van der Waals surface area (Å²) in [6.07, 6.45) is 0.655. The minimum absolute atomic E-state index is 0.285. The first-order valence-electron chi connectivity index (χ1n) is 9.56. The quantitative estimate of drug-likeness (QED) is 0.404. The number of benzene rings is 2. The lowest BCUT2D eigenvalue weighted by molar-refractivity contribution is 0.0516. The van der Waals surface area contributed by atoms with Crippen molar-refractivity contribution in [2.75, 3.05) is 13.7 Å². The first kappa shape index (κ1) is 20.2. The van der Waals surface area contributed by atoms with Gasteiger partial charge in [-0.05, 0) is 42.2 Å². The number of carbonyl (C=O) groups is 1. The molecule has 0 aliphatic heterocycles. The Kier molecular flexibility index (Phi) is 6.04. The summed E-state index contributed by atoms with van der Waals surface area (Å²) in [5, 5.41) is 0. The number of hydrogen-bond acceptors (Lipinski definition) is 3. The highest BCUT2D eigenvalue weighted by molar-refractivity contribution is 6.01. The molecule has 5 heteroatoms. The Morgan fingerprint density at radius 1 is 1.07 bits per heavy atom. The Labute approximate surface area is 171 Å². The van der Waals surface area contributed by atoms with Crippen LogP contribution in [0, 0.1) is 6.57 Å². The molecule has 0 aliphatic carbocycles. The van der Waals surface area contributed by atoms with E-state index in [2.05, 4.69) is 4.85 Å². The highest BCUT2D eigenvalue weighted by Gasteiger charge is 2.26. The molecule has 3 aromatic rings. The van der Waals surface area contributed by atoms with Crippen molar-refractivity contribution in [3.05, 3.63) is 71.3 Å². The molecule has 0 atom stereocenters. The second-order valence-electron chi connectivity index (χ2n) is 6.57. The van der Waals surface area contributed by atoms with Gasteiger partial charge in [-0.2, -0.15) is 0 Å². The average Bonchev–Trinajstić information content (AvgIpc) is 3.05. The number of rotatable bonds is 6. The smallest absolute Gasteiger partial charge is 0.354 e. The Morgan fingerprint density at radius 3 is 2.34 bits per heavy atom. The fourth-order valence-corrected chi connectivity index (χ4v) is 3.59. The molecule has 5 nitrogen and oxygen atoms in total. The van der Waals surface area contributed by atoms with Crippen LogP contribution in [0.1, 0.15) is 30.0 Å². The van der Waals surface area contributed by atoms with Gasteiger partial charge in [-0.1, -0.05) is 43.3 Å². The van der Waals surface area contributed by atoms with Crippen molar-refractivity contribution >= 4 is 11.7 Å². The van der Waals surface area contributed by atoms with Crippen LogP contribution in [0.25, 0.3) is 27.1 Å². The second-order valence-corrected chi connectivity index (χ2v) is 6.57. The van der Waals surface area contributed by atoms with Crippen molar-refractivity contribution in [1.29, 1.82) is 0 Å². The zero-order valence-electron chi connectivity index (χ0n) is 17.2. The Balaban J connectivity index is 2.13. The normalized spacial score (nSPS) is 10.4. The number of methoxy groups -OCH3 is 1. The summed E-state index contributed by atoms with van der Waals surface area (Å²) in [6.45, 7) is 11.7.